The molecule has 0 aromatic heterocycles. The zero-order chi connectivity index (χ0) is 19.1. The molecule has 0 heterocycles. The van der Waals surface area contributed by atoms with Crippen molar-refractivity contribution in [2.45, 2.75) is 56.8 Å². The quantitative estimate of drug-likeness (QED) is 0.472. The Morgan fingerprint density at radius 2 is 1.22 bits per heavy atom. The van der Waals surface area contributed by atoms with Crippen molar-refractivity contribution < 1.29 is 0 Å². The third-order valence-corrected chi connectivity index (χ3v) is 6.71. The molecular formula is C27H30. The summed E-state index contributed by atoms with van der Waals surface area (Å²) in [6.07, 6.45) is 2.29. The molecule has 0 nitrogen and oxygen atoms in total. The van der Waals surface area contributed by atoms with Gasteiger partial charge in [-0.3, -0.25) is 0 Å². The molecule has 0 radical (unpaired) electrons. The van der Waals surface area contributed by atoms with Gasteiger partial charge in [0.25, 0.3) is 0 Å². The van der Waals surface area contributed by atoms with E-state index in [9.17, 15) is 0 Å². The molecular weight excluding hydrogens is 324 g/mol. The monoisotopic (exact) mass is 354 g/mol. The van der Waals surface area contributed by atoms with Gasteiger partial charge < -0.3 is 0 Å². The molecule has 27 heavy (non-hydrogen) atoms. The lowest BCUT2D eigenvalue weighted by molar-refractivity contribution is 0.296. The fourth-order valence-corrected chi connectivity index (χ4v) is 5.65. The molecule has 0 heteroatoms. The summed E-state index contributed by atoms with van der Waals surface area (Å²) in [5, 5.41) is 0. The smallest absolute Gasteiger partial charge is 0.0186 e. The van der Waals surface area contributed by atoms with Crippen LogP contribution in [0.2, 0.25) is 0 Å². The lowest BCUT2D eigenvalue weighted by Gasteiger charge is -2.37. The van der Waals surface area contributed by atoms with Gasteiger partial charge in [-0.15, -0.1) is 0 Å². The second-order valence-corrected chi connectivity index (χ2v) is 9.41. The van der Waals surface area contributed by atoms with Gasteiger partial charge in [-0.25, -0.2) is 0 Å². The Bertz CT molecular complexity index is 919. The SMILES string of the molecule is CC(C)(CC1(C)CC(C)(c2ccccc2)c2ccccc21)c1ccccc1. The second kappa shape index (κ2) is 6.37. The summed E-state index contributed by atoms with van der Waals surface area (Å²) < 4.78 is 0. The Morgan fingerprint density at radius 3 is 1.85 bits per heavy atom. The van der Waals surface area contributed by atoms with Crippen molar-refractivity contribution in [1.29, 1.82) is 0 Å². The number of benzene rings is 3. The zero-order valence-corrected chi connectivity index (χ0v) is 17.0. The van der Waals surface area contributed by atoms with E-state index in [0.29, 0.717) is 0 Å². The van der Waals surface area contributed by atoms with Crippen molar-refractivity contribution in [2.24, 2.45) is 0 Å². The molecule has 0 aliphatic heterocycles. The number of hydrogen-bond donors (Lipinski definition) is 0. The van der Waals surface area contributed by atoms with E-state index in [4.69, 9.17) is 0 Å². The summed E-state index contributed by atoms with van der Waals surface area (Å²) >= 11 is 0. The van der Waals surface area contributed by atoms with Gasteiger partial charge in [-0.1, -0.05) is 113 Å². The number of fused-ring (bicyclic) bond motifs is 1. The minimum absolute atomic E-state index is 0.0688. The van der Waals surface area contributed by atoms with Crippen LogP contribution in [0.4, 0.5) is 0 Å². The third-order valence-electron chi connectivity index (χ3n) is 6.71. The average Bonchev–Trinajstić information content (AvgIpc) is 2.91. The highest BCUT2D eigenvalue weighted by Gasteiger charge is 2.49. The molecule has 2 unspecified atom stereocenters. The lowest BCUT2D eigenvalue weighted by Crippen LogP contribution is -2.32. The van der Waals surface area contributed by atoms with E-state index in [1.165, 1.54) is 22.3 Å². The van der Waals surface area contributed by atoms with Crippen LogP contribution in [0, 0.1) is 0 Å². The molecule has 1 aliphatic carbocycles. The van der Waals surface area contributed by atoms with Crippen molar-refractivity contribution in [3.8, 4) is 0 Å². The first-order valence-electron chi connectivity index (χ1n) is 10.1. The largest absolute Gasteiger partial charge is 0.0622 e. The summed E-state index contributed by atoms with van der Waals surface area (Å²) in [5.41, 5.74) is 6.24. The molecule has 3 aromatic rings. The minimum atomic E-state index is 0.0688. The highest BCUT2D eigenvalue weighted by Crippen LogP contribution is 2.56. The molecule has 0 spiro atoms. The predicted octanol–water partition coefficient (Wildman–Crippen LogP) is 7.02. The normalized spacial score (nSPS) is 24.6. The standard InChI is InChI=1S/C27H30/c1-25(2,21-13-7-5-8-14-21)19-26(3)20-27(4,22-15-9-6-10-16-22)24-18-12-11-17-23(24)26/h5-18H,19-20H2,1-4H3. The first-order valence-corrected chi connectivity index (χ1v) is 10.1. The highest BCUT2D eigenvalue weighted by molar-refractivity contribution is 5.52. The van der Waals surface area contributed by atoms with Gasteiger partial charge in [-0.2, -0.15) is 0 Å². The van der Waals surface area contributed by atoms with Gasteiger partial charge in [-0.05, 0) is 45.9 Å². The molecule has 0 amide bonds. The molecule has 138 valence electrons. The topological polar surface area (TPSA) is 0 Å². The molecule has 0 bridgehead atoms. The molecule has 3 aromatic carbocycles. The van der Waals surface area contributed by atoms with Crippen LogP contribution in [-0.2, 0) is 16.2 Å². The van der Waals surface area contributed by atoms with E-state index in [1.54, 1.807) is 0 Å². The first kappa shape index (κ1) is 18.0. The molecule has 1 aliphatic rings. The Hall–Kier alpha value is -2.34. The van der Waals surface area contributed by atoms with E-state index < -0.39 is 0 Å². The van der Waals surface area contributed by atoms with Crippen LogP contribution >= 0.6 is 0 Å². The van der Waals surface area contributed by atoms with Gasteiger partial charge in [0.1, 0.15) is 0 Å². The minimum Gasteiger partial charge on any atom is -0.0622 e. The second-order valence-electron chi connectivity index (χ2n) is 9.41. The Kier molecular flexibility index (Phi) is 4.26. The van der Waals surface area contributed by atoms with Gasteiger partial charge in [0, 0.05) is 5.41 Å². The van der Waals surface area contributed by atoms with Crippen LogP contribution in [-0.4, -0.2) is 0 Å². The Balaban J connectivity index is 1.78. The van der Waals surface area contributed by atoms with Crippen molar-refractivity contribution in [2.75, 3.05) is 0 Å². The predicted molar refractivity (Wildman–Crippen MR) is 115 cm³/mol. The van der Waals surface area contributed by atoms with Gasteiger partial charge in [0.15, 0.2) is 0 Å². The van der Waals surface area contributed by atoms with Crippen LogP contribution in [0.5, 0.6) is 0 Å². The molecule has 0 fully saturated rings. The number of hydrogen-bond acceptors (Lipinski definition) is 0. The van der Waals surface area contributed by atoms with Gasteiger partial charge in [0.2, 0.25) is 0 Å². The van der Waals surface area contributed by atoms with Crippen LogP contribution in [0.3, 0.4) is 0 Å². The zero-order valence-electron chi connectivity index (χ0n) is 17.0. The van der Waals surface area contributed by atoms with Gasteiger partial charge in [0.05, 0.1) is 0 Å². The fraction of sp³-hybridized carbons (Fsp3) is 0.333. The molecule has 2 atom stereocenters. The summed E-state index contributed by atoms with van der Waals surface area (Å²) in [5.74, 6) is 0. The van der Waals surface area contributed by atoms with Gasteiger partial charge >= 0.3 is 0 Å². The van der Waals surface area contributed by atoms with E-state index in [0.717, 1.165) is 12.8 Å². The van der Waals surface area contributed by atoms with Crippen LogP contribution in [0.15, 0.2) is 84.9 Å². The third kappa shape index (κ3) is 3.02. The van der Waals surface area contributed by atoms with Crippen molar-refractivity contribution in [3.05, 3.63) is 107 Å². The van der Waals surface area contributed by atoms with E-state index in [1.807, 2.05) is 0 Å². The average molecular weight is 355 g/mol. The van der Waals surface area contributed by atoms with Crippen molar-refractivity contribution in [1.82, 2.24) is 0 Å². The highest BCUT2D eigenvalue weighted by atomic mass is 14.5. The molecule has 0 saturated carbocycles. The maximum absolute atomic E-state index is 2.48. The Labute approximate surface area is 164 Å². The van der Waals surface area contributed by atoms with Crippen molar-refractivity contribution in [3.63, 3.8) is 0 Å². The molecule has 0 saturated heterocycles. The maximum atomic E-state index is 2.48. The summed E-state index contributed by atoms with van der Waals surface area (Å²) in [6, 6.07) is 31.2. The van der Waals surface area contributed by atoms with E-state index >= 15 is 0 Å². The lowest BCUT2D eigenvalue weighted by atomic mass is 9.66. The summed E-state index contributed by atoms with van der Waals surface area (Å²) in [7, 11) is 0. The van der Waals surface area contributed by atoms with Crippen molar-refractivity contribution >= 4 is 0 Å². The first-order chi connectivity index (χ1) is 12.9. The number of rotatable bonds is 4. The van der Waals surface area contributed by atoms with Crippen LogP contribution in [0.1, 0.15) is 62.8 Å². The molecule has 4 rings (SSSR count). The fourth-order valence-electron chi connectivity index (χ4n) is 5.65. The van der Waals surface area contributed by atoms with Crippen LogP contribution < -0.4 is 0 Å². The van der Waals surface area contributed by atoms with E-state index in [2.05, 4.69) is 113 Å². The Morgan fingerprint density at radius 1 is 0.704 bits per heavy atom. The summed E-state index contributed by atoms with van der Waals surface area (Å²) in [4.78, 5) is 0. The molecule has 0 N–H and O–H groups in total. The van der Waals surface area contributed by atoms with E-state index in [-0.39, 0.29) is 16.2 Å². The van der Waals surface area contributed by atoms with Crippen LogP contribution in [0.25, 0.3) is 0 Å². The maximum Gasteiger partial charge on any atom is 0.0186 e. The summed E-state index contributed by atoms with van der Waals surface area (Å²) in [6.45, 7) is 9.70.